The third-order valence-corrected chi connectivity index (χ3v) is 4.71. The van der Waals surface area contributed by atoms with Crippen molar-refractivity contribution in [2.75, 3.05) is 13.1 Å². The first-order valence-corrected chi connectivity index (χ1v) is 7.99. The topological polar surface area (TPSA) is 59.2 Å². The first-order chi connectivity index (χ1) is 10.6. The van der Waals surface area contributed by atoms with Crippen LogP contribution in [0.1, 0.15) is 35.8 Å². The number of hydrogen-bond acceptors (Lipinski definition) is 3. The van der Waals surface area contributed by atoms with Gasteiger partial charge in [-0.05, 0) is 37.8 Å². The van der Waals surface area contributed by atoms with Crippen LogP contribution in [-0.4, -0.2) is 34.9 Å². The second-order valence-corrected chi connectivity index (χ2v) is 6.25. The number of pyridine rings is 1. The van der Waals surface area contributed by atoms with Gasteiger partial charge >= 0.3 is 0 Å². The molecule has 1 aliphatic rings. The Morgan fingerprint density at radius 2 is 2.18 bits per heavy atom. The van der Waals surface area contributed by atoms with Crippen LogP contribution in [0.25, 0.3) is 10.9 Å². The number of nitrogens with two attached hydrogens (primary N) is 1. The van der Waals surface area contributed by atoms with Crippen molar-refractivity contribution >= 4 is 16.8 Å². The minimum absolute atomic E-state index is 0.0608. The van der Waals surface area contributed by atoms with E-state index in [4.69, 9.17) is 5.73 Å². The Balaban J connectivity index is 2.03. The summed E-state index contributed by atoms with van der Waals surface area (Å²) in [5.41, 5.74) is 8.33. The highest BCUT2D eigenvalue weighted by molar-refractivity contribution is 6.05. The lowest BCUT2D eigenvalue weighted by atomic mass is 9.90. The first-order valence-electron chi connectivity index (χ1n) is 7.99. The Bertz CT molecular complexity index is 698. The summed E-state index contributed by atoms with van der Waals surface area (Å²) in [5.74, 6) is 0.512. The van der Waals surface area contributed by atoms with Crippen molar-refractivity contribution in [3.63, 3.8) is 0 Å². The van der Waals surface area contributed by atoms with E-state index in [1.807, 2.05) is 42.2 Å². The minimum atomic E-state index is 0.0608. The number of piperidine rings is 1. The Morgan fingerprint density at radius 1 is 1.36 bits per heavy atom. The Hall–Kier alpha value is -1.94. The van der Waals surface area contributed by atoms with E-state index < -0.39 is 0 Å². The lowest BCUT2D eigenvalue weighted by molar-refractivity contribution is 0.0534. The third kappa shape index (κ3) is 2.59. The number of aromatic nitrogens is 1. The molecular weight excluding hydrogens is 274 g/mol. The number of carbonyl (C=O) groups excluding carboxylic acids is 1. The molecule has 3 rings (SSSR count). The van der Waals surface area contributed by atoms with Gasteiger partial charge in [0.1, 0.15) is 0 Å². The predicted octanol–water partition coefficient (Wildman–Crippen LogP) is 2.74. The fourth-order valence-electron chi connectivity index (χ4n) is 3.43. The van der Waals surface area contributed by atoms with Gasteiger partial charge in [0.25, 0.3) is 5.91 Å². The normalized spacial score (nSPS) is 22.0. The number of aryl methyl sites for hydroxylation is 1. The molecule has 0 saturated carbocycles. The van der Waals surface area contributed by atoms with Gasteiger partial charge in [-0.1, -0.05) is 25.1 Å². The van der Waals surface area contributed by atoms with Gasteiger partial charge in [0.2, 0.25) is 0 Å². The molecule has 0 aliphatic carbocycles. The molecule has 116 valence electrons. The molecule has 2 unspecified atom stereocenters. The molecule has 1 aliphatic heterocycles. The number of hydrogen-bond donors (Lipinski definition) is 1. The lowest BCUT2D eigenvalue weighted by Gasteiger charge is -2.39. The van der Waals surface area contributed by atoms with Gasteiger partial charge < -0.3 is 10.6 Å². The van der Waals surface area contributed by atoms with Crippen molar-refractivity contribution in [3.8, 4) is 0 Å². The Labute approximate surface area is 131 Å². The summed E-state index contributed by atoms with van der Waals surface area (Å²) < 4.78 is 0. The van der Waals surface area contributed by atoms with Gasteiger partial charge in [-0.25, -0.2) is 0 Å². The summed E-state index contributed by atoms with van der Waals surface area (Å²) in [6.07, 6.45) is 2.18. The van der Waals surface area contributed by atoms with Crippen LogP contribution in [0.15, 0.2) is 30.3 Å². The minimum Gasteiger partial charge on any atom is -0.334 e. The Kier molecular flexibility index (Phi) is 4.12. The fourth-order valence-corrected chi connectivity index (χ4v) is 3.43. The summed E-state index contributed by atoms with van der Waals surface area (Å²) in [6.45, 7) is 5.44. The van der Waals surface area contributed by atoms with Gasteiger partial charge in [-0.15, -0.1) is 0 Å². The van der Waals surface area contributed by atoms with E-state index in [2.05, 4.69) is 11.9 Å². The van der Waals surface area contributed by atoms with Gasteiger partial charge in [0.05, 0.1) is 11.1 Å². The molecule has 1 saturated heterocycles. The zero-order chi connectivity index (χ0) is 15.7. The first kappa shape index (κ1) is 15.0. The SMILES string of the molecule is Cc1ccc2cccc(C(=O)N3CCCC(C)C3CN)c2n1. The number of likely N-dealkylation sites (tertiary alicyclic amines) is 1. The van der Waals surface area contributed by atoms with Crippen LogP contribution in [0.3, 0.4) is 0 Å². The molecule has 0 bridgehead atoms. The summed E-state index contributed by atoms with van der Waals surface area (Å²) in [5, 5.41) is 1.01. The van der Waals surface area contributed by atoms with E-state index in [0.717, 1.165) is 36.0 Å². The van der Waals surface area contributed by atoms with Crippen LogP contribution in [0.4, 0.5) is 0 Å². The van der Waals surface area contributed by atoms with E-state index in [1.54, 1.807) is 0 Å². The molecule has 1 aromatic heterocycles. The average Bonchev–Trinajstić information content (AvgIpc) is 2.53. The van der Waals surface area contributed by atoms with Gasteiger partial charge in [-0.3, -0.25) is 9.78 Å². The van der Waals surface area contributed by atoms with Crippen molar-refractivity contribution in [1.29, 1.82) is 0 Å². The molecule has 1 fully saturated rings. The largest absolute Gasteiger partial charge is 0.334 e. The van der Waals surface area contributed by atoms with E-state index in [-0.39, 0.29) is 11.9 Å². The number of rotatable bonds is 2. The molecule has 2 heterocycles. The van der Waals surface area contributed by atoms with E-state index in [1.165, 1.54) is 0 Å². The van der Waals surface area contributed by atoms with Crippen LogP contribution in [-0.2, 0) is 0 Å². The zero-order valence-corrected chi connectivity index (χ0v) is 13.2. The van der Waals surface area contributed by atoms with Gasteiger partial charge in [-0.2, -0.15) is 0 Å². The van der Waals surface area contributed by atoms with Crippen molar-refractivity contribution in [3.05, 3.63) is 41.6 Å². The molecule has 22 heavy (non-hydrogen) atoms. The predicted molar refractivity (Wildman–Crippen MR) is 88.8 cm³/mol. The van der Waals surface area contributed by atoms with Crippen molar-refractivity contribution in [2.45, 2.75) is 32.7 Å². The van der Waals surface area contributed by atoms with Gasteiger partial charge in [0.15, 0.2) is 0 Å². The summed E-state index contributed by atoms with van der Waals surface area (Å²) in [7, 11) is 0. The molecule has 2 N–H and O–H groups in total. The smallest absolute Gasteiger partial charge is 0.256 e. The fraction of sp³-hybridized carbons (Fsp3) is 0.444. The van der Waals surface area contributed by atoms with Crippen LogP contribution in [0.2, 0.25) is 0 Å². The van der Waals surface area contributed by atoms with Crippen molar-refractivity contribution < 1.29 is 4.79 Å². The molecule has 0 radical (unpaired) electrons. The highest BCUT2D eigenvalue weighted by Crippen LogP contribution is 2.26. The Morgan fingerprint density at radius 3 is 2.95 bits per heavy atom. The van der Waals surface area contributed by atoms with Crippen LogP contribution in [0, 0.1) is 12.8 Å². The van der Waals surface area contributed by atoms with E-state index in [0.29, 0.717) is 18.0 Å². The highest BCUT2D eigenvalue weighted by Gasteiger charge is 2.32. The molecule has 4 nitrogen and oxygen atoms in total. The number of carbonyl (C=O) groups is 1. The molecule has 4 heteroatoms. The number of benzene rings is 1. The number of amides is 1. The number of nitrogens with zero attached hydrogens (tertiary/aromatic N) is 2. The molecule has 1 aromatic carbocycles. The van der Waals surface area contributed by atoms with Crippen LogP contribution in [0.5, 0.6) is 0 Å². The summed E-state index contributed by atoms with van der Waals surface area (Å²) in [4.78, 5) is 19.6. The molecule has 0 spiro atoms. The second-order valence-electron chi connectivity index (χ2n) is 6.25. The standard InChI is InChI=1S/C18H23N3O/c1-12-5-4-10-21(16(12)11-19)18(22)15-7-3-6-14-9-8-13(2)20-17(14)15/h3,6-9,12,16H,4-5,10-11,19H2,1-2H3. The maximum Gasteiger partial charge on any atom is 0.256 e. The maximum atomic E-state index is 13.1. The van der Waals surface area contributed by atoms with E-state index in [9.17, 15) is 4.79 Å². The third-order valence-electron chi connectivity index (χ3n) is 4.71. The summed E-state index contributed by atoms with van der Waals surface area (Å²) >= 11 is 0. The lowest BCUT2D eigenvalue weighted by Crippen LogP contribution is -2.51. The van der Waals surface area contributed by atoms with Crippen LogP contribution >= 0.6 is 0 Å². The molecule has 2 aromatic rings. The van der Waals surface area contributed by atoms with Gasteiger partial charge in [0, 0.05) is 30.2 Å². The average molecular weight is 297 g/mol. The van der Waals surface area contributed by atoms with Crippen molar-refractivity contribution in [1.82, 2.24) is 9.88 Å². The molecule has 2 atom stereocenters. The quantitative estimate of drug-likeness (QED) is 0.927. The van der Waals surface area contributed by atoms with Crippen LogP contribution < -0.4 is 5.73 Å². The maximum absolute atomic E-state index is 13.1. The number of fused-ring (bicyclic) bond motifs is 1. The van der Waals surface area contributed by atoms with Crippen molar-refractivity contribution in [2.24, 2.45) is 11.7 Å². The number of para-hydroxylation sites is 1. The summed E-state index contributed by atoms with van der Waals surface area (Å²) in [6, 6.07) is 9.93. The van der Waals surface area contributed by atoms with E-state index >= 15 is 0 Å². The molecular formula is C18H23N3O. The monoisotopic (exact) mass is 297 g/mol. The zero-order valence-electron chi connectivity index (χ0n) is 13.2. The second kappa shape index (κ2) is 6.05. The molecule has 1 amide bonds. The highest BCUT2D eigenvalue weighted by atomic mass is 16.2.